The van der Waals surface area contributed by atoms with Gasteiger partial charge < -0.3 is 16.8 Å². The molecule has 0 aliphatic carbocycles. The van der Waals surface area contributed by atoms with Gasteiger partial charge in [-0.2, -0.15) is 5.10 Å². The van der Waals surface area contributed by atoms with Crippen LogP contribution in [0.4, 0.5) is 11.5 Å². The molecule has 2 aromatic rings. The normalized spacial score (nSPS) is 10.2. The van der Waals surface area contributed by atoms with Crippen LogP contribution in [0.25, 0.3) is 0 Å². The van der Waals surface area contributed by atoms with Gasteiger partial charge in [0.2, 0.25) is 0 Å². The zero-order valence-electron chi connectivity index (χ0n) is 9.71. The number of carbonyl (C=O) groups is 1. The topological polar surface area (TPSA) is 112 Å². The number of primary amides is 1. The van der Waals surface area contributed by atoms with Crippen LogP contribution in [0.15, 0.2) is 30.7 Å². The number of rotatable bonds is 5. The van der Waals surface area contributed by atoms with Crippen molar-refractivity contribution in [3.05, 3.63) is 36.3 Å². The summed E-state index contributed by atoms with van der Waals surface area (Å²) in [6.45, 7) is 1.25. The predicted molar refractivity (Wildman–Crippen MR) is 67.9 cm³/mol. The molecular weight excluding hydrogens is 232 g/mol. The zero-order chi connectivity index (χ0) is 13.0. The summed E-state index contributed by atoms with van der Waals surface area (Å²) in [5.74, 6) is -0.125. The minimum Gasteiger partial charge on any atom is -0.397 e. The van der Waals surface area contributed by atoms with Crippen LogP contribution in [0.3, 0.4) is 0 Å². The van der Waals surface area contributed by atoms with Gasteiger partial charge >= 0.3 is 0 Å². The van der Waals surface area contributed by atoms with Gasteiger partial charge in [-0.15, -0.1) is 0 Å². The van der Waals surface area contributed by atoms with Gasteiger partial charge in [0.1, 0.15) is 5.82 Å². The molecule has 7 nitrogen and oxygen atoms in total. The van der Waals surface area contributed by atoms with Crippen molar-refractivity contribution in [2.45, 2.75) is 6.54 Å². The molecule has 0 fully saturated rings. The molecule has 0 unspecified atom stereocenters. The Labute approximate surface area is 104 Å². The summed E-state index contributed by atoms with van der Waals surface area (Å²) >= 11 is 0. The van der Waals surface area contributed by atoms with E-state index in [9.17, 15) is 4.79 Å². The quantitative estimate of drug-likeness (QED) is 0.691. The smallest absolute Gasteiger partial charge is 0.252 e. The minimum atomic E-state index is -0.559. The number of pyridine rings is 1. The standard InChI is InChI=1S/C11H14N6O/c12-8-6-9(10(13)18)11(15-7-8)14-3-5-17-4-1-2-16-17/h1-2,4,6-7H,3,5,12H2,(H2,13,18)(H,14,15). The zero-order valence-corrected chi connectivity index (χ0v) is 9.71. The van der Waals surface area contributed by atoms with Crippen molar-refractivity contribution in [2.75, 3.05) is 17.6 Å². The Morgan fingerprint density at radius 3 is 3.00 bits per heavy atom. The molecule has 0 radical (unpaired) electrons. The second kappa shape index (κ2) is 5.17. The third-order valence-electron chi connectivity index (χ3n) is 2.37. The third kappa shape index (κ3) is 2.76. The fourth-order valence-corrected chi connectivity index (χ4v) is 1.53. The maximum atomic E-state index is 11.2. The molecule has 0 bridgehead atoms. The van der Waals surface area contributed by atoms with Crippen molar-refractivity contribution >= 4 is 17.4 Å². The van der Waals surface area contributed by atoms with Crippen LogP contribution in [0.2, 0.25) is 0 Å². The van der Waals surface area contributed by atoms with E-state index in [0.29, 0.717) is 24.6 Å². The Hall–Kier alpha value is -2.57. The molecule has 0 saturated heterocycles. The van der Waals surface area contributed by atoms with E-state index in [1.165, 1.54) is 12.3 Å². The minimum absolute atomic E-state index is 0.287. The number of hydrogen-bond donors (Lipinski definition) is 3. The Balaban J connectivity index is 2.02. The van der Waals surface area contributed by atoms with Crippen molar-refractivity contribution in [1.82, 2.24) is 14.8 Å². The molecule has 0 aliphatic rings. The lowest BCUT2D eigenvalue weighted by Gasteiger charge is -2.09. The number of carbonyl (C=O) groups excluding carboxylic acids is 1. The van der Waals surface area contributed by atoms with E-state index in [0.717, 1.165) is 0 Å². The van der Waals surface area contributed by atoms with Crippen LogP contribution in [0, 0.1) is 0 Å². The first kappa shape index (κ1) is 11.9. The van der Waals surface area contributed by atoms with Gasteiger partial charge in [-0.1, -0.05) is 0 Å². The molecule has 2 rings (SSSR count). The summed E-state index contributed by atoms with van der Waals surface area (Å²) in [5, 5.41) is 7.10. The lowest BCUT2D eigenvalue weighted by Crippen LogP contribution is -2.18. The maximum absolute atomic E-state index is 11.2. The summed E-state index contributed by atoms with van der Waals surface area (Å²) in [7, 11) is 0. The van der Waals surface area contributed by atoms with E-state index in [4.69, 9.17) is 11.5 Å². The van der Waals surface area contributed by atoms with Crippen LogP contribution >= 0.6 is 0 Å². The molecule has 18 heavy (non-hydrogen) atoms. The van der Waals surface area contributed by atoms with Crippen LogP contribution in [0.5, 0.6) is 0 Å². The average molecular weight is 246 g/mol. The largest absolute Gasteiger partial charge is 0.397 e. The molecule has 2 heterocycles. The molecule has 0 atom stereocenters. The molecule has 94 valence electrons. The molecule has 2 aromatic heterocycles. The number of nitrogens with zero attached hydrogens (tertiary/aromatic N) is 3. The van der Waals surface area contributed by atoms with Gasteiger partial charge in [-0.3, -0.25) is 9.48 Å². The van der Waals surface area contributed by atoms with E-state index < -0.39 is 5.91 Å². The van der Waals surface area contributed by atoms with Crippen LogP contribution < -0.4 is 16.8 Å². The van der Waals surface area contributed by atoms with Gasteiger partial charge in [0, 0.05) is 18.9 Å². The lowest BCUT2D eigenvalue weighted by atomic mass is 10.2. The molecule has 0 spiro atoms. The van der Waals surface area contributed by atoms with Gasteiger partial charge in [0.25, 0.3) is 5.91 Å². The van der Waals surface area contributed by atoms with Crippen molar-refractivity contribution in [2.24, 2.45) is 5.73 Å². The summed E-state index contributed by atoms with van der Waals surface area (Å²) < 4.78 is 1.77. The van der Waals surface area contributed by atoms with E-state index in [1.807, 2.05) is 12.3 Å². The highest BCUT2D eigenvalue weighted by Crippen LogP contribution is 2.14. The Morgan fingerprint density at radius 1 is 1.50 bits per heavy atom. The molecule has 7 heteroatoms. The van der Waals surface area contributed by atoms with Crippen molar-refractivity contribution in [1.29, 1.82) is 0 Å². The second-order valence-electron chi connectivity index (χ2n) is 3.72. The third-order valence-corrected chi connectivity index (χ3v) is 2.37. The molecule has 1 amide bonds. The Morgan fingerprint density at radius 2 is 2.33 bits per heavy atom. The van der Waals surface area contributed by atoms with Gasteiger partial charge in [0.05, 0.1) is 24.0 Å². The first-order chi connectivity index (χ1) is 8.66. The number of nitrogen functional groups attached to an aromatic ring is 1. The fraction of sp³-hybridized carbons (Fsp3) is 0.182. The van der Waals surface area contributed by atoms with Crippen LogP contribution in [-0.4, -0.2) is 27.2 Å². The van der Waals surface area contributed by atoms with Gasteiger partial charge in [-0.05, 0) is 12.1 Å². The van der Waals surface area contributed by atoms with E-state index in [-0.39, 0.29) is 5.56 Å². The van der Waals surface area contributed by atoms with Gasteiger partial charge in [-0.25, -0.2) is 4.98 Å². The van der Waals surface area contributed by atoms with Crippen LogP contribution in [0.1, 0.15) is 10.4 Å². The molecule has 0 aromatic carbocycles. The van der Waals surface area contributed by atoms with E-state index in [2.05, 4.69) is 15.4 Å². The Kier molecular flexibility index (Phi) is 3.42. The van der Waals surface area contributed by atoms with Crippen molar-refractivity contribution in [3.8, 4) is 0 Å². The van der Waals surface area contributed by atoms with Crippen molar-refractivity contribution < 1.29 is 4.79 Å². The van der Waals surface area contributed by atoms with E-state index >= 15 is 0 Å². The molecule has 5 N–H and O–H groups in total. The van der Waals surface area contributed by atoms with Gasteiger partial charge in [0.15, 0.2) is 0 Å². The number of anilines is 2. The number of nitrogens with one attached hydrogen (secondary N) is 1. The first-order valence-corrected chi connectivity index (χ1v) is 5.43. The Bertz CT molecular complexity index is 536. The number of hydrogen-bond acceptors (Lipinski definition) is 5. The second-order valence-corrected chi connectivity index (χ2v) is 3.72. The summed E-state index contributed by atoms with van der Waals surface area (Å²) in [5.41, 5.74) is 11.5. The van der Waals surface area contributed by atoms with E-state index in [1.54, 1.807) is 10.9 Å². The number of aromatic nitrogens is 3. The highest BCUT2D eigenvalue weighted by molar-refractivity contribution is 5.98. The summed E-state index contributed by atoms with van der Waals surface area (Å²) in [4.78, 5) is 15.3. The number of nitrogens with two attached hydrogens (primary N) is 2. The summed E-state index contributed by atoms with van der Waals surface area (Å²) in [6.07, 6.45) is 5.03. The lowest BCUT2D eigenvalue weighted by molar-refractivity contribution is 0.100. The SMILES string of the molecule is NC(=O)c1cc(N)cnc1NCCn1cccn1. The predicted octanol–water partition coefficient (Wildman–Crippen LogP) is 0.0713. The number of amides is 1. The molecular formula is C11H14N6O. The average Bonchev–Trinajstić information content (AvgIpc) is 2.84. The molecule has 0 saturated carbocycles. The first-order valence-electron chi connectivity index (χ1n) is 5.43. The van der Waals surface area contributed by atoms with Crippen LogP contribution in [-0.2, 0) is 6.54 Å². The monoisotopic (exact) mass is 246 g/mol. The highest BCUT2D eigenvalue weighted by Gasteiger charge is 2.09. The maximum Gasteiger partial charge on any atom is 0.252 e. The fourth-order valence-electron chi connectivity index (χ4n) is 1.53. The highest BCUT2D eigenvalue weighted by atomic mass is 16.1. The summed E-state index contributed by atoms with van der Waals surface area (Å²) in [6, 6.07) is 3.35. The molecule has 0 aliphatic heterocycles. The van der Waals surface area contributed by atoms with Crippen molar-refractivity contribution in [3.63, 3.8) is 0 Å².